The zero-order valence-electron chi connectivity index (χ0n) is 15.1. The maximum atomic E-state index is 5.35. The quantitative estimate of drug-likeness (QED) is 0.261. The van der Waals surface area contributed by atoms with Gasteiger partial charge in [0.1, 0.15) is 0 Å². The standard InChI is InChI=1S/C19H28N4O.HI/c1-3-20-19(22-12-5-6-14-24-4-2)23-15-17-10-7-9-16-11-8-13-21-18(16)17;/h7-11,13H,3-6,12,14-15H2,1-2H3,(H2,20,22,23);1H. The number of unbranched alkanes of at least 4 members (excludes halogenated alkanes) is 1. The van der Waals surface area contributed by atoms with Crippen LogP contribution in [0, 0.1) is 0 Å². The van der Waals surface area contributed by atoms with E-state index < -0.39 is 0 Å². The zero-order valence-corrected chi connectivity index (χ0v) is 17.5. The van der Waals surface area contributed by atoms with Gasteiger partial charge in [0.15, 0.2) is 5.96 Å². The summed E-state index contributed by atoms with van der Waals surface area (Å²) in [6.45, 7) is 8.07. The van der Waals surface area contributed by atoms with E-state index in [4.69, 9.17) is 9.73 Å². The lowest BCUT2D eigenvalue weighted by molar-refractivity contribution is 0.143. The number of ether oxygens (including phenoxy) is 1. The first-order chi connectivity index (χ1) is 11.8. The molecule has 25 heavy (non-hydrogen) atoms. The number of nitrogens with zero attached hydrogens (tertiary/aromatic N) is 2. The average Bonchev–Trinajstić information content (AvgIpc) is 2.62. The first-order valence-corrected chi connectivity index (χ1v) is 8.77. The predicted molar refractivity (Wildman–Crippen MR) is 116 cm³/mol. The molecule has 0 atom stereocenters. The van der Waals surface area contributed by atoms with Gasteiger partial charge in [-0.2, -0.15) is 0 Å². The molecule has 2 rings (SSSR count). The fourth-order valence-electron chi connectivity index (χ4n) is 2.48. The molecule has 6 heteroatoms. The molecule has 0 aliphatic carbocycles. The Bertz CT molecular complexity index is 643. The minimum atomic E-state index is 0. The Kier molecular flexibility index (Phi) is 11.1. The van der Waals surface area contributed by atoms with Gasteiger partial charge in [0.2, 0.25) is 0 Å². The van der Waals surface area contributed by atoms with E-state index in [1.165, 1.54) is 0 Å². The Balaban J connectivity index is 0.00000312. The summed E-state index contributed by atoms with van der Waals surface area (Å²) in [5.41, 5.74) is 2.16. The molecule has 0 radical (unpaired) electrons. The molecule has 0 aliphatic heterocycles. The molecule has 0 saturated carbocycles. The maximum absolute atomic E-state index is 5.35. The summed E-state index contributed by atoms with van der Waals surface area (Å²) in [7, 11) is 0. The van der Waals surface area contributed by atoms with Crippen LogP contribution < -0.4 is 10.6 Å². The van der Waals surface area contributed by atoms with Crippen molar-refractivity contribution in [1.29, 1.82) is 0 Å². The Morgan fingerprint density at radius 2 is 1.96 bits per heavy atom. The third-order valence-electron chi connectivity index (χ3n) is 3.68. The Labute approximate surface area is 167 Å². The van der Waals surface area contributed by atoms with Crippen molar-refractivity contribution in [2.75, 3.05) is 26.3 Å². The third-order valence-corrected chi connectivity index (χ3v) is 3.68. The smallest absolute Gasteiger partial charge is 0.191 e. The minimum Gasteiger partial charge on any atom is -0.382 e. The van der Waals surface area contributed by atoms with Gasteiger partial charge < -0.3 is 15.4 Å². The molecule has 0 spiro atoms. The van der Waals surface area contributed by atoms with Crippen LogP contribution >= 0.6 is 24.0 Å². The molecule has 2 aromatic rings. The van der Waals surface area contributed by atoms with Crippen LogP contribution in [0.4, 0.5) is 0 Å². The molecular weight excluding hydrogens is 427 g/mol. The van der Waals surface area contributed by atoms with Crippen molar-refractivity contribution >= 4 is 40.8 Å². The lowest BCUT2D eigenvalue weighted by Gasteiger charge is -2.11. The number of hydrogen-bond acceptors (Lipinski definition) is 3. The van der Waals surface area contributed by atoms with E-state index in [1.807, 2.05) is 19.2 Å². The SMILES string of the molecule is CCNC(=NCc1cccc2cccnc12)NCCCCOCC.I. The van der Waals surface area contributed by atoms with Gasteiger partial charge in [-0.15, -0.1) is 24.0 Å². The van der Waals surface area contributed by atoms with Gasteiger partial charge in [0, 0.05) is 37.9 Å². The third kappa shape index (κ3) is 7.56. The summed E-state index contributed by atoms with van der Waals surface area (Å²) in [5, 5.41) is 7.82. The van der Waals surface area contributed by atoms with Gasteiger partial charge >= 0.3 is 0 Å². The number of para-hydroxylation sites is 1. The molecule has 0 bridgehead atoms. The number of hydrogen-bond donors (Lipinski definition) is 2. The number of fused-ring (bicyclic) bond motifs is 1. The van der Waals surface area contributed by atoms with Gasteiger partial charge in [-0.05, 0) is 38.3 Å². The Hall–Kier alpha value is -1.41. The summed E-state index contributed by atoms with van der Waals surface area (Å²) in [6.07, 6.45) is 3.96. The second-order valence-corrected chi connectivity index (χ2v) is 5.52. The molecule has 0 saturated heterocycles. The number of benzene rings is 1. The molecule has 1 aromatic heterocycles. The van der Waals surface area contributed by atoms with Gasteiger partial charge in [-0.1, -0.05) is 24.3 Å². The second kappa shape index (κ2) is 12.9. The van der Waals surface area contributed by atoms with Crippen LogP contribution in [0.25, 0.3) is 10.9 Å². The first-order valence-electron chi connectivity index (χ1n) is 8.77. The summed E-state index contributed by atoms with van der Waals surface area (Å²) in [4.78, 5) is 9.18. The van der Waals surface area contributed by atoms with Crippen LogP contribution in [0.1, 0.15) is 32.3 Å². The summed E-state index contributed by atoms with van der Waals surface area (Å²) >= 11 is 0. The number of nitrogens with one attached hydrogen (secondary N) is 2. The number of pyridine rings is 1. The van der Waals surface area contributed by atoms with Gasteiger partial charge in [-0.25, -0.2) is 4.99 Å². The normalized spacial score (nSPS) is 11.2. The highest BCUT2D eigenvalue weighted by molar-refractivity contribution is 14.0. The van der Waals surface area contributed by atoms with E-state index in [1.54, 1.807) is 0 Å². The van der Waals surface area contributed by atoms with Crippen molar-refractivity contribution in [2.24, 2.45) is 4.99 Å². The largest absolute Gasteiger partial charge is 0.382 e. The van der Waals surface area contributed by atoms with E-state index >= 15 is 0 Å². The fraction of sp³-hybridized carbons (Fsp3) is 0.474. The predicted octanol–water partition coefficient (Wildman–Crippen LogP) is 3.72. The van der Waals surface area contributed by atoms with E-state index in [0.717, 1.165) is 61.6 Å². The summed E-state index contributed by atoms with van der Waals surface area (Å²) in [5.74, 6) is 0.849. The lowest BCUT2D eigenvalue weighted by atomic mass is 10.1. The maximum Gasteiger partial charge on any atom is 0.191 e. The summed E-state index contributed by atoms with van der Waals surface area (Å²) in [6, 6.07) is 10.3. The molecule has 0 fully saturated rings. The highest BCUT2D eigenvalue weighted by atomic mass is 127. The van der Waals surface area contributed by atoms with Crippen LogP contribution in [0.2, 0.25) is 0 Å². The lowest BCUT2D eigenvalue weighted by Crippen LogP contribution is -2.37. The molecule has 138 valence electrons. The van der Waals surface area contributed by atoms with Gasteiger partial charge in [0.25, 0.3) is 0 Å². The van der Waals surface area contributed by atoms with Crippen LogP contribution in [-0.4, -0.2) is 37.2 Å². The van der Waals surface area contributed by atoms with Gasteiger partial charge in [0.05, 0.1) is 12.1 Å². The number of halogens is 1. The second-order valence-electron chi connectivity index (χ2n) is 5.52. The highest BCUT2D eigenvalue weighted by Crippen LogP contribution is 2.16. The number of aromatic nitrogens is 1. The van der Waals surface area contributed by atoms with Gasteiger partial charge in [-0.3, -0.25) is 4.98 Å². The minimum absolute atomic E-state index is 0. The molecular formula is C19H29IN4O. The molecule has 0 unspecified atom stereocenters. The molecule has 5 nitrogen and oxygen atoms in total. The van der Waals surface area contributed by atoms with Crippen molar-refractivity contribution in [3.05, 3.63) is 42.1 Å². The molecule has 0 amide bonds. The number of rotatable bonds is 9. The molecule has 0 aliphatic rings. The van der Waals surface area contributed by atoms with Crippen LogP contribution in [0.3, 0.4) is 0 Å². The monoisotopic (exact) mass is 456 g/mol. The molecule has 1 aromatic carbocycles. The topological polar surface area (TPSA) is 58.5 Å². The number of guanidine groups is 1. The highest BCUT2D eigenvalue weighted by Gasteiger charge is 2.02. The van der Waals surface area contributed by atoms with Crippen molar-refractivity contribution in [2.45, 2.75) is 33.2 Å². The van der Waals surface area contributed by atoms with E-state index in [0.29, 0.717) is 6.54 Å². The Morgan fingerprint density at radius 1 is 1.12 bits per heavy atom. The van der Waals surface area contributed by atoms with Crippen molar-refractivity contribution in [1.82, 2.24) is 15.6 Å². The van der Waals surface area contributed by atoms with Crippen LogP contribution in [-0.2, 0) is 11.3 Å². The first kappa shape index (κ1) is 21.6. The van der Waals surface area contributed by atoms with Crippen LogP contribution in [0.15, 0.2) is 41.5 Å². The number of aliphatic imine (C=N–C) groups is 1. The Morgan fingerprint density at radius 3 is 2.76 bits per heavy atom. The van der Waals surface area contributed by atoms with Crippen molar-refractivity contribution < 1.29 is 4.74 Å². The van der Waals surface area contributed by atoms with Crippen LogP contribution in [0.5, 0.6) is 0 Å². The fourth-order valence-corrected chi connectivity index (χ4v) is 2.48. The summed E-state index contributed by atoms with van der Waals surface area (Å²) < 4.78 is 5.35. The molecule has 1 heterocycles. The van der Waals surface area contributed by atoms with E-state index in [9.17, 15) is 0 Å². The van der Waals surface area contributed by atoms with Crippen molar-refractivity contribution in [3.8, 4) is 0 Å². The average molecular weight is 456 g/mol. The van der Waals surface area contributed by atoms with E-state index in [-0.39, 0.29) is 24.0 Å². The van der Waals surface area contributed by atoms with Crippen molar-refractivity contribution in [3.63, 3.8) is 0 Å². The molecule has 2 N–H and O–H groups in total. The van der Waals surface area contributed by atoms with E-state index in [2.05, 4.69) is 46.8 Å². The zero-order chi connectivity index (χ0) is 17.0.